The highest BCUT2D eigenvalue weighted by Gasteiger charge is 2.59. The number of carbonyl (C=O) groups excluding carboxylic acids is 1. The molecule has 1 unspecified atom stereocenters. The molecule has 1 aromatic rings. The number of carbonyl (C=O) groups is 2. The van der Waals surface area contributed by atoms with E-state index >= 15 is 0 Å². The Morgan fingerprint density at radius 1 is 1.25 bits per heavy atom. The molecule has 130 valence electrons. The van der Waals surface area contributed by atoms with E-state index in [4.69, 9.17) is 5.11 Å². The quantitative estimate of drug-likeness (QED) is 0.893. The van der Waals surface area contributed by atoms with E-state index in [1.807, 2.05) is 0 Å². The summed E-state index contributed by atoms with van der Waals surface area (Å²) < 4.78 is 24.4. The molecule has 24 heavy (non-hydrogen) atoms. The van der Waals surface area contributed by atoms with Crippen LogP contribution in [-0.2, 0) is 14.6 Å². The number of benzene rings is 1. The van der Waals surface area contributed by atoms with Crippen molar-refractivity contribution in [3.05, 3.63) is 29.8 Å². The molecular weight excluding hydrogens is 330 g/mol. The summed E-state index contributed by atoms with van der Waals surface area (Å²) in [7, 11) is -3.47. The van der Waals surface area contributed by atoms with Gasteiger partial charge in [-0.25, -0.2) is 8.42 Å². The van der Waals surface area contributed by atoms with Crippen molar-refractivity contribution in [1.29, 1.82) is 0 Å². The minimum absolute atomic E-state index is 0.0549. The molecule has 7 heteroatoms. The number of sulfone groups is 1. The fourth-order valence-electron chi connectivity index (χ4n) is 3.64. The number of hydrogen-bond acceptors (Lipinski definition) is 4. The summed E-state index contributed by atoms with van der Waals surface area (Å²) in [6.07, 6.45) is 2.02. The average Bonchev–Trinajstić information content (AvgIpc) is 3.29. The fraction of sp³-hybridized carbons (Fsp3) is 0.529. The summed E-state index contributed by atoms with van der Waals surface area (Å²) in [5, 5.41) is 9.13. The zero-order valence-electron chi connectivity index (χ0n) is 13.6. The van der Waals surface area contributed by atoms with E-state index in [1.54, 1.807) is 30.0 Å². The van der Waals surface area contributed by atoms with Gasteiger partial charge in [0.2, 0.25) is 0 Å². The predicted molar refractivity (Wildman–Crippen MR) is 87.5 cm³/mol. The van der Waals surface area contributed by atoms with E-state index in [0.717, 1.165) is 0 Å². The second-order valence-electron chi connectivity index (χ2n) is 6.65. The molecule has 2 aliphatic rings. The van der Waals surface area contributed by atoms with Crippen molar-refractivity contribution in [3.8, 4) is 0 Å². The highest BCUT2D eigenvalue weighted by atomic mass is 32.2. The van der Waals surface area contributed by atoms with Gasteiger partial charge in [0.25, 0.3) is 5.91 Å². The Labute approximate surface area is 141 Å². The number of carboxylic acids is 1. The second kappa shape index (κ2) is 5.88. The van der Waals surface area contributed by atoms with E-state index in [9.17, 15) is 18.0 Å². The third-order valence-corrected chi connectivity index (χ3v) is 7.15. The van der Waals surface area contributed by atoms with Crippen LogP contribution in [-0.4, -0.2) is 49.1 Å². The summed E-state index contributed by atoms with van der Waals surface area (Å²) in [5.74, 6) is -1.39. The first-order valence-corrected chi connectivity index (χ1v) is 9.80. The van der Waals surface area contributed by atoms with Gasteiger partial charge in [-0.2, -0.15) is 0 Å². The first kappa shape index (κ1) is 17.0. The van der Waals surface area contributed by atoms with Crippen LogP contribution in [0, 0.1) is 11.3 Å². The molecule has 1 atom stereocenters. The first-order chi connectivity index (χ1) is 11.3. The van der Waals surface area contributed by atoms with Crippen LogP contribution < -0.4 is 0 Å². The van der Waals surface area contributed by atoms with Gasteiger partial charge in [0.05, 0.1) is 22.1 Å². The van der Waals surface area contributed by atoms with Crippen LogP contribution in [0.25, 0.3) is 0 Å². The maximum atomic E-state index is 12.8. The van der Waals surface area contributed by atoms with E-state index < -0.39 is 15.8 Å². The summed E-state index contributed by atoms with van der Waals surface area (Å²) in [6, 6.07) is 6.30. The highest BCUT2D eigenvalue weighted by Crippen LogP contribution is 2.59. The molecule has 1 saturated carbocycles. The van der Waals surface area contributed by atoms with Gasteiger partial charge in [-0.3, -0.25) is 9.59 Å². The van der Waals surface area contributed by atoms with Crippen molar-refractivity contribution in [2.45, 2.75) is 31.1 Å². The van der Waals surface area contributed by atoms with Crippen molar-refractivity contribution < 1.29 is 23.1 Å². The van der Waals surface area contributed by atoms with Crippen LogP contribution in [0.2, 0.25) is 0 Å². The molecule has 1 amide bonds. The topological polar surface area (TPSA) is 91.8 Å². The van der Waals surface area contributed by atoms with E-state index in [0.29, 0.717) is 32.4 Å². The Balaban J connectivity index is 1.77. The Hall–Kier alpha value is -1.89. The van der Waals surface area contributed by atoms with Crippen LogP contribution in [0.15, 0.2) is 29.2 Å². The summed E-state index contributed by atoms with van der Waals surface area (Å²) >= 11 is 0. The Morgan fingerprint density at radius 2 is 1.88 bits per heavy atom. The van der Waals surface area contributed by atoms with Crippen molar-refractivity contribution in [1.82, 2.24) is 4.90 Å². The number of aliphatic carboxylic acids is 1. The molecule has 1 aliphatic heterocycles. The molecule has 0 aromatic heterocycles. The van der Waals surface area contributed by atoms with Crippen molar-refractivity contribution in [3.63, 3.8) is 0 Å². The molecule has 1 N–H and O–H groups in total. The van der Waals surface area contributed by atoms with Crippen molar-refractivity contribution >= 4 is 21.7 Å². The van der Waals surface area contributed by atoms with Gasteiger partial charge in [-0.05, 0) is 36.8 Å². The van der Waals surface area contributed by atoms with Crippen molar-refractivity contribution in [2.75, 3.05) is 18.8 Å². The highest BCUT2D eigenvalue weighted by molar-refractivity contribution is 7.91. The molecule has 1 heterocycles. The normalized spacial score (nSPS) is 22.4. The minimum Gasteiger partial charge on any atom is -0.481 e. The molecular formula is C17H21NO5S. The third-order valence-electron chi connectivity index (χ3n) is 5.37. The summed E-state index contributed by atoms with van der Waals surface area (Å²) in [4.78, 5) is 25.6. The second-order valence-corrected chi connectivity index (χ2v) is 8.90. The molecule has 3 rings (SSSR count). The van der Waals surface area contributed by atoms with Crippen LogP contribution in [0.1, 0.15) is 36.5 Å². The fourth-order valence-corrected chi connectivity index (χ4v) is 4.73. The lowest BCUT2D eigenvalue weighted by molar-refractivity contribution is -0.139. The maximum Gasteiger partial charge on any atom is 0.307 e. The van der Waals surface area contributed by atoms with Gasteiger partial charge in [0.15, 0.2) is 9.84 Å². The maximum absolute atomic E-state index is 12.8. The van der Waals surface area contributed by atoms with Crippen LogP contribution in [0.5, 0.6) is 0 Å². The number of piperidine rings is 1. The van der Waals surface area contributed by atoms with Crippen LogP contribution in [0.4, 0.5) is 0 Å². The van der Waals surface area contributed by atoms with Gasteiger partial charge in [0, 0.05) is 13.1 Å². The van der Waals surface area contributed by atoms with Gasteiger partial charge in [0.1, 0.15) is 0 Å². The number of rotatable bonds is 4. The first-order valence-electron chi connectivity index (χ1n) is 8.14. The summed E-state index contributed by atoms with van der Waals surface area (Å²) in [6.45, 7) is 2.51. The molecule has 0 radical (unpaired) electrons. The number of carboxylic acid groups (broad SMARTS) is 1. The zero-order chi connectivity index (χ0) is 17.5. The number of hydrogen-bond donors (Lipinski definition) is 1. The smallest absolute Gasteiger partial charge is 0.307 e. The Morgan fingerprint density at radius 3 is 2.42 bits per heavy atom. The van der Waals surface area contributed by atoms with E-state index in [1.165, 1.54) is 6.07 Å². The van der Waals surface area contributed by atoms with Gasteiger partial charge in [-0.15, -0.1) is 0 Å². The van der Waals surface area contributed by atoms with E-state index in [-0.39, 0.29) is 33.5 Å². The molecule has 1 aliphatic carbocycles. The van der Waals surface area contributed by atoms with Gasteiger partial charge in [-0.1, -0.05) is 19.1 Å². The minimum atomic E-state index is -3.47. The van der Waals surface area contributed by atoms with Gasteiger partial charge >= 0.3 is 5.97 Å². The predicted octanol–water partition coefficient (Wildman–Crippen LogP) is 1.81. The van der Waals surface area contributed by atoms with E-state index in [2.05, 4.69) is 0 Å². The van der Waals surface area contributed by atoms with Crippen LogP contribution >= 0.6 is 0 Å². The lowest BCUT2D eigenvalue weighted by atomic mass is 9.90. The third kappa shape index (κ3) is 2.81. The summed E-state index contributed by atoms with van der Waals surface area (Å²) in [5.41, 5.74) is 0.0540. The SMILES string of the molecule is CCS(=O)(=O)c1ccccc1C(=O)N1CCC2(CC1)CC2C(=O)O. The lowest BCUT2D eigenvalue weighted by Crippen LogP contribution is -2.40. The largest absolute Gasteiger partial charge is 0.481 e. The number of likely N-dealkylation sites (tertiary alicyclic amines) is 1. The van der Waals surface area contributed by atoms with Gasteiger partial charge < -0.3 is 10.0 Å². The standard InChI is InChI=1S/C17H21NO5S/c1-2-24(22,23)14-6-4-3-5-12(14)15(19)18-9-7-17(8-10-18)11-13(17)16(20)21/h3-6,13H,2,7-11H2,1H3,(H,20,21). The molecule has 1 saturated heterocycles. The Bertz CT molecular complexity index is 778. The monoisotopic (exact) mass is 351 g/mol. The average molecular weight is 351 g/mol. The lowest BCUT2D eigenvalue weighted by Gasteiger charge is -2.33. The molecule has 6 nitrogen and oxygen atoms in total. The molecule has 1 spiro atoms. The Kier molecular flexibility index (Phi) is 4.15. The molecule has 0 bridgehead atoms. The van der Waals surface area contributed by atoms with Crippen LogP contribution in [0.3, 0.4) is 0 Å². The number of amides is 1. The molecule has 1 aromatic carbocycles. The zero-order valence-corrected chi connectivity index (χ0v) is 14.4. The van der Waals surface area contributed by atoms with Crippen molar-refractivity contribution in [2.24, 2.45) is 11.3 Å². The number of nitrogens with zero attached hydrogens (tertiary/aromatic N) is 1. The molecule has 2 fully saturated rings.